The summed E-state index contributed by atoms with van der Waals surface area (Å²) in [6.45, 7) is 5.20. The van der Waals surface area contributed by atoms with Crippen molar-refractivity contribution in [3.63, 3.8) is 0 Å². The predicted molar refractivity (Wildman–Crippen MR) is 63.8 cm³/mol. The van der Waals surface area contributed by atoms with Crippen molar-refractivity contribution in [2.75, 3.05) is 25.4 Å². The fourth-order valence-electron chi connectivity index (χ4n) is 1.50. The van der Waals surface area contributed by atoms with Crippen molar-refractivity contribution in [3.8, 4) is 0 Å². The Morgan fingerprint density at radius 1 is 1.31 bits per heavy atom. The smallest absolute Gasteiger partial charge is 0.185 e. The molecule has 0 aromatic rings. The second kappa shape index (κ2) is 7.83. The molecular weight excluding hydrogens is 250 g/mol. The lowest BCUT2D eigenvalue weighted by molar-refractivity contribution is -0.109. The molecule has 0 N–H and O–H groups in total. The van der Waals surface area contributed by atoms with E-state index in [9.17, 15) is 4.79 Å². The average Bonchev–Trinajstić information content (AvgIpc) is 2.05. The van der Waals surface area contributed by atoms with Crippen LogP contribution in [0.25, 0.3) is 0 Å². The third kappa shape index (κ3) is 6.52. The molecule has 0 amide bonds. The minimum absolute atomic E-state index is 0. The Morgan fingerprint density at radius 3 is 2.46 bits per heavy atom. The van der Waals surface area contributed by atoms with E-state index in [0.717, 1.165) is 12.3 Å². The summed E-state index contributed by atoms with van der Waals surface area (Å²) in [6, 6.07) is 0. The van der Waals surface area contributed by atoms with Crippen molar-refractivity contribution in [2.24, 2.45) is 0 Å². The third-order valence-corrected chi connectivity index (χ3v) is 2.95. The van der Waals surface area contributed by atoms with Gasteiger partial charge in [0.2, 0.25) is 0 Å². The molecule has 0 aliphatic carbocycles. The van der Waals surface area contributed by atoms with E-state index in [2.05, 4.69) is 4.90 Å². The zero-order valence-electron chi connectivity index (χ0n) is 8.12. The molecular formula is C9H18BrNOS. The van der Waals surface area contributed by atoms with Gasteiger partial charge >= 0.3 is 0 Å². The Balaban J connectivity index is 0.00000144. The zero-order chi connectivity index (χ0) is 8.81. The molecule has 78 valence electrons. The number of nitrogens with zero attached hydrogens (tertiary/aromatic N) is 1. The second-order valence-corrected chi connectivity index (χ2v) is 4.51. The lowest BCUT2D eigenvalue weighted by Crippen LogP contribution is -2.31. The maximum Gasteiger partial charge on any atom is 0.185 e. The van der Waals surface area contributed by atoms with Crippen LogP contribution in [0.4, 0.5) is 0 Å². The van der Waals surface area contributed by atoms with Crippen LogP contribution in [0.5, 0.6) is 0 Å². The molecule has 1 saturated heterocycles. The summed E-state index contributed by atoms with van der Waals surface area (Å²) >= 11 is 1.44. The lowest BCUT2D eigenvalue weighted by Gasteiger charge is -2.25. The summed E-state index contributed by atoms with van der Waals surface area (Å²) in [6.07, 6.45) is 4.06. The Kier molecular flexibility index (Phi) is 8.10. The van der Waals surface area contributed by atoms with Gasteiger partial charge < -0.3 is 4.90 Å². The van der Waals surface area contributed by atoms with E-state index in [1.807, 2.05) is 0 Å². The van der Waals surface area contributed by atoms with Gasteiger partial charge in [-0.25, -0.2) is 0 Å². The number of carbonyl (C=O) groups excluding carboxylic acids is 1. The summed E-state index contributed by atoms with van der Waals surface area (Å²) in [5.74, 6) is 0.968. The fraction of sp³-hybridized carbons (Fsp3) is 0.889. The fourth-order valence-corrected chi connectivity index (χ4v) is 2.14. The first kappa shape index (κ1) is 13.5. The van der Waals surface area contributed by atoms with E-state index in [-0.39, 0.29) is 22.1 Å². The normalized spacial score (nSPS) is 17.9. The molecule has 1 aliphatic heterocycles. The zero-order valence-corrected chi connectivity index (χ0v) is 10.7. The van der Waals surface area contributed by atoms with Gasteiger partial charge in [-0.1, -0.05) is 18.2 Å². The highest BCUT2D eigenvalue weighted by Gasteiger charge is 2.09. The summed E-state index contributed by atoms with van der Waals surface area (Å²) in [4.78, 5) is 13.1. The van der Waals surface area contributed by atoms with Crippen molar-refractivity contribution >= 4 is 33.9 Å². The maximum atomic E-state index is 10.6. The number of likely N-dealkylation sites (tertiary alicyclic amines) is 1. The minimum atomic E-state index is 0. The quantitative estimate of drug-likeness (QED) is 0.783. The molecule has 0 saturated carbocycles. The van der Waals surface area contributed by atoms with Gasteiger partial charge in [-0.15, -0.1) is 17.0 Å². The van der Waals surface area contributed by atoms with Crippen LogP contribution in [0.2, 0.25) is 0 Å². The van der Waals surface area contributed by atoms with Crippen LogP contribution >= 0.6 is 28.7 Å². The van der Waals surface area contributed by atoms with Crippen LogP contribution in [-0.2, 0) is 4.79 Å². The van der Waals surface area contributed by atoms with Gasteiger partial charge in [0.15, 0.2) is 5.12 Å². The molecule has 0 atom stereocenters. The first-order valence-corrected chi connectivity index (χ1v) is 5.63. The molecule has 0 aromatic carbocycles. The standard InChI is InChI=1S/C9H17NOS.BrH/c1-9(11)12-8-7-10-5-3-2-4-6-10;/h2-8H2,1H3;1H. The number of thioether (sulfide) groups is 1. The molecule has 1 fully saturated rings. The number of rotatable bonds is 3. The number of hydrogen-bond acceptors (Lipinski definition) is 3. The van der Waals surface area contributed by atoms with E-state index in [1.54, 1.807) is 6.92 Å². The Morgan fingerprint density at radius 2 is 1.92 bits per heavy atom. The number of piperidine rings is 1. The Bertz CT molecular complexity index is 149. The molecule has 0 unspecified atom stereocenters. The monoisotopic (exact) mass is 267 g/mol. The van der Waals surface area contributed by atoms with Crippen LogP contribution in [0.1, 0.15) is 26.2 Å². The van der Waals surface area contributed by atoms with Crippen molar-refractivity contribution in [3.05, 3.63) is 0 Å². The number of halogens is 1. The van der Waals surface area contributed by atoms with Gasteiger partial charge in [0.05, 0.1) is 0 Å². The van der Waals surface area contributed by atoms with E-state index in [0.29, 0.717) is 0 Å². The van der Waals surface area contributed by atoms with Gasteiger partial charge in [-0.3, -0.25) is 4.79 Å². The molecule has 4 heteroatoms. The van der Waals surface area contributed by atoms with Crippen molar-refractivity contribution in [1.82, 2.24) is 4.90 Å². The predicted octanol–water partition coefficient (Wildman–Crippen LogP) is 2.33. The van der Waals surface area contributed by atoms with Gasteiger partial charge in [0.25, 0.3) is 0 Å². The van der Waals surface area contributed by atoms with Crippen LogP contribution in [0.3, 0.4) is 0 Å². The first-order chi connectivity index (χ1) is 5.79. The molecule has 1 aliphatic rings. The highest BCUT2D eigenvalue weighted by atomic mass is 79.9. The maximum absolute atomic E-state index is 10.6. The third-order valence-electron chi connectivity index (χ3n) is 2.16. The summed E-state index contributed by atoms with van der Waals surface area (Å²) in [7, 11) is 0. The minimum Gasteiger partial charge on any atom is -0.303 e. The molecule has 2 nitrogen and oxygen atoms in total. The van der Waals surface area contributed by atoms with E-state index >= 15 is 0 Å². The molecule has 0 radical (unpaired) electrons. The SMILES string of the molecule is Br.CC(=O)SCCN1CCCCC1. The molecule has 0 aromatic heterocycles. The summed E-state index contributed by atoms with van der Waals surface area (Å²) in [5, 5.41) is 0.243. The van der Waals surface area contributed by atoms with E-state index in [4.69, 9.17) is 0 Å². The first-order valence-electron chi connectivity index (χ1n) is 4.65. The summed E-state index contributed by atoms with van der Waals surface area (Å²) < 4.78 is 0. The lowest BCUT2D eigenvalue weighted by atomic mass is 10.1. The van der Waals surface area contributed by atoms with Gasteiger partial charge in [-0.2, -0.15) is 0 Å². The number of carbonyl (C=O) groups is 1. The molecule has 0 bridgehead atoms. The van der Waals surface area contributed by atoms with Crippen LogP contribution in [0, 0.1) is 0 Å². The average molecular weight is 268 g/mol. The van der Waals surface area contributed by atoms with Crippen LogP contribution in [-0.4, -0.2) is 35.4 Å². The van der Waals surface area contributed by atoms with Crippen molar-refractivity contribution in [1.29, 1.82) is 0 Å². The second-order valence-electron chi connectivity index (χ2n) is 3.24. The Hall–Kier alpha value is 0.460. The molecule has 1 rings (SSSR count). The number of hydrogen-bond donors (Lipinski definition) is 0. The van der Waals surface area contributed by atoms with Gasteiger partial charge in [0, 0.05) is 19.2 Å². The van der Waals surface area contributed by atoms with Crippen molar-refractivity contribution in [2.45, 2.75) is 26.2 Å². The highest BCUT2D eigenvalue weighted by Crippen LogP contribution is 2.09. The van der Waals surface area contributed by atoms with Crippen LogP contribution < -0.4 is 0 Å². The molecule has 0 spiro atoms. The molecule has 13 heavy (non-hydrogen) atoms. The molecule has 1 heterocycles. The van der Waals surface area contributed by atoms with E-state index in [1.165, 1.54) is 44.1 Å². The van der Waals surface area contributed by atoms with E-state index < -0.39 is 0 Å². The largest absolute Gasteiger partial charge is 0.303 e. The summed E-state index contributed by atoms with van der Waals surface area (Å²) in [5.41, 5.74) is 0. The van der Waals surface area contributed by atoms with Crippen molar-refractivity contribution < 1.29 is 4.79 Å². The highest BCUT2D eigenvalue weighted by molar-refractivity contribution is 8.93. The topological polar surface area (TPSA) is 20.3 Å². The Labute approximate surface area is 95.2 Å². The van der Waals surface area contributed by atoms with Gasteiger partial charge in [0.1, 0.15) is 0 Å². The van der Waals surface area contributed by atoms with Gasteiger partial charge in [-0.05, 0) is 25.9 Å². The van der Waals surface area contributed by atoms with Crippen LogP contribution in [0.15, 0.2) is 0 Å².